The van der Waals surface area contributed by atoms with Gasteiger partial charge < -0.3 is 14.7 Å². The molecule has 23 heavy (non-hydrogen) atoms. The number of benzene rings is 2. The summed E-state index contributed by atoms with van der Waals surface area (Å²) in [5.41, 5.74) is 1.41. The van der Waals surface area contributed by atoms with Crippen molar-refractivity contribution < 1.29 is 19.0 Å². The molecular weight excluding hydrogens is 299 g/mol. The van der Waals surface area contributed by atoms with Gasteiger partial charge in [0.1, 0.15) is 5.82 Å². The zero-order valence-electron chi connectivity index (χ0n) is 12.5. The minimum atomic E-state index is -1.16. The van der Waals surface area contributed by atoms with Gasteiger partial charge in [0.25, 0.3) is 0 Å². The lowest BCUT2D eigenvalue weighted by Gasteiger charge is -2.30. The van der Waals surface area contributed by atoms with Gasteiger partial charge in [-0.25, -0.2) is 14.1 Å². The highest BCUT2D eigenvalue weighted by molar-refractivity contribution is 5.95. The van der Waals surface area contributed by atoms with Crippen molar-refractivity contribution in [3.63, 3.8) is 0 Å². The number of anilines is 3. The molecule has 0 aliphatic carbocycles. The van der Waals surface area contributed by atoms with Crippen LogP contribution in [0.5, 0.6) is 0 Å². The molecule has 3 rings (SSSR count). The predicted octanol–water partition coefficient (Wildman–Crippen LogP) is 3.48. The lowest BCUT2D eigenvalue weighted by Crippen LogP contribution is -2.36. The predicted molar refractivity (Wildman–Crippen MR) is 86.0 cm³/mol. The summed E-state index contributed by atoms with van der Waals surface area (Å²) in [4.78, 5) is 14.7. The zero-order valence-corrected chi connectivity index (χ0v) is 12.5. The SMILES string of the molecule is O=C(O)N(c1ccccc1)c1cc(F)cc(N2CCOCC2)c1. The molecule has 0 atom stereocenters. The molecule has 1 aliphatic heterocycles. The van der Waals surface area contributed by atoms with Crippen LogP contribution in [-0.2, 0) is 4.74 Å². The van der Waals surface area contributed by atoms with Crippen LogP contribution in [0.15, 0.2) is 48.5 Å². The maximum atomic E-state index is 14.0. The molecule has 1 heterocycles. The van der Waals surface area contributed by atoms with E-state index >= 15 is 0 Å². The zero-order chi connectivity index (χ0) is 16.2. The highest BCUT2D eigenvalue weighted by atomic mass is 19.1. The van der Waals surface area contributed by atoms with Gasteiger partial charge in [-0.1, -0.05) is 18.2 Å². The number of carbonyl (C=O) groups is 1. The molecule has 0 saturated carbocycles. The molecule has 0 unspecified atom stereocenters. The minimum Gasteiger partial charge on any atom is -0.464 e. The molecular formula is C17H17FN2O3. The van der Waals surface area contributed by atoms with Crippen LogP contribution in [0.2, 0.25) is 0 Å². The number of morpholine rings is 1. The average molecular weight is 316 g/mol. The Hall–Kier alpha value is -2.60. The first-order chi connectivity index (χ1) is 11.1. The van der Waals surface area contributed by atoms with Crippen LogP contribution < -0.4 is 9.80 Å². The van der Waals surface area contributed by atoms with E-state index in [0.717, 1.165) is 4.90 Å². The normalized spacial score (nSPS) is 14.6. The largest absolute Gasteiger partial charge is 0.464 e. The number of nitrogens with zero attached hydrogens (tertiary/aromatic N) is 2. The van der Waals surface area contributed by atoms with Gasteiger partial charge in [0.15, 0.2) is 0 Å². The topological polar surface area (TPSA) is 53.0 Å². The van der Waals surface area contributed by atoms with E-state index in [1.54, 1.807) is 36.4 Å². The number of amides is 1. The van der Waals surface area contributed by atoms with Crippen molar-refractivity contribution in [2.45, 2.75) is 0 Å². The van der Waals surface area contributed by atoms with Crippen molar-refractivity contribution in [1.82, 2.24) is 0 Å². The Morgan fingerprint density at radius 2 is 1.78 bits per heavy atom. The second kappa shape index (κ2) is 6.66. The Morgan fingerprint density at radius 3 is 2.43 bits per heavy atom. The van der Waals surface area contributed by atoms with Crippen LogP contribution in [0.25, 0.3) is 0 Å². The Kier molecular flexibility index (Phi) is 4.43. The van der Waals surface area contributed by atoms with E-state index in [0.29, 0.717) is 37.7 Å². The number of halogens is 1. The molecule has 5 nitrogen and oxygen atoms in total. The average Bonchev–Trinajstić information content (AvgIpc) is 2.56. The van der Waals surface area contributed by atoms with Crippen molar-refractivity contribution in [3.8, 4) is 0 Å². The molecule has 120 valence electrons. The smallest absolute Gasteiger partial charge is 0.416 e. The highest BCUT2D eigenvalue weighted by Crippen LogP contribution is 2.30. The summed E-state index contributed by atoms with van der Waals surface area (Å²) >= 11 is 0. The Morgan fingerprint density at radius 1 is 1.09 bits per heavy atom. The third-order valence-electron chi connectivity index (χ3n) is 3.71. The molecule has 0 aromatic heterocycles. The van der Waals surface area contributed by atoms with Crippen LogP contribution in [0.3, 0.4) is 0 Å². The maximum absolute atomic E-state index is 14.0. The van der Waals surface area contributed by atoms with E-state index in [1.165, 1.54) is 12.1 Å². The number of ether oxygens (including phenoxy) is 1. The van der Waals surface area contributed by atoms with Crippen molar-refractivity contribution in [2.75, 3.05) is 36.1 Å². The fourth-order valence-electron chi connectivity index (χ4n) is 2.64. The van der Waals surface area contributed by atoms with E-state index in [2.05, 4.69) is 0 Å². The van der Waals surface area contributed by atoms with Gasteiger partial charge in [-0.3, -0.25) is 0 Å². The standard InChI is InChI=1S/C17H17FN2O3/c18-13-10-15(19-6-8-23-9-7-19)12-16(11-13)20(17(21)22)14-4-2-1-3-5-14/h1-5,10-12H,6-9H2,(H,21,22). The molecule has 1 amide bonds. The third-order valence-corrected chi connectivity index (χ3v) is 3.71. The quantitative estimate of drug-likeness (QED) is 0.942. The Balaban J connectivity index is 2.00. The molecule has 1 saturated heterocycles. The monoisotopic (exact) mass is 316 g/mol. The van der Waals surface area contributed by atoms with Crippen LogP contribution in [-0.4, -0.2) is 37.5 Å². The third kappa shape index (κ3) is 3.43. The fourth-order valence-corrected chi connectivity index (χ4v) is 2.64. The van der Waals surface area contributed by atoms with Crippen molar-refractivity contribution >= 4 is 23.2 Å². The van der Waals surface area contributed by atoms with E-state index in [9.17, 15) is 14.3 Å². The second-order valence-corrected chi connectivity index (χ2v) is 5.22. The minimum absolute atomic E-state index is 0.283. The van der Waals surface area contributed by atoms with E-state index < -0.39 is 11.9 Å². The first kappa shape index (κ1) is 15.3. The van der Waals surface area contributed by atoms with Crippen molar-refractivity contribution in [1.29, 1.82) is 0 Å². The van der Waals surface area contributed by atoms with Crippen LogP contribution >= 0.6 is 0 Å². The molecule has 1 N–H and O–H groups in total. The summed E-state index contributed by atoms with van der Waals surface area (Å²) in [6, 6.07) is 13.0. The number of rotatable bonds is 3. The second-order valence-electron chi connectivity index (χ2n) is 5.22. The lowest BCUT2D eigenvalue weighted by molar-refractivity contribution is 0.122. The fraction of sp³-hybridized carbons (Fsp3) is 0.235. The van der Waals surface area contributed by atoms with E-state index in [4.69, 9.17) is 4.74 Å². The molecule has 0 spiro atoms. The molecule has 0 bridgehead atoms. The van der Waals surface area contributed by atoms with Gasteiger partial charge in [0.2, 0.25) is 0 Å². The first-order valence-corrected chi connectivity index (χ1v) is 7.36. The molecule has 0 radical (unpaired) electrons. The van der Waals surface area contributed by atoms with Gasteiger partial charge in [0.05, 0.1) is 24.6 Å². The highest BCUT2D eigenvalue weighted by Gasteiger charge is 2.20. The summed E-state index contributed by atoms with van der Waals surface area (Å²) < 4.78 is 19.3. The Bertz CT molecular complexity index is 687. The van der Waals surface area contributed by atoms with Gasteiger partial charge in [-0.15, -0.1) is 0 Å². The maximum Gasteiger partial charge on any atom is 0.416 e. The van der Waals surface area contributed by atoms with Crippen LogP contribution in [0.1, 0.15) is 0 Å². The molecule has 2 aromatic carbocycles. The number of carboxylic acid groups (broad SMARTS) is 1. The summed E-state index contributed by atoms with van der Waals surface area (Å²) in [5.74, 6) is -0.467. The summed E-state index contributed by atoms with van der Waals surface area (Å²) in [5, 5.41) is 9.54. The molecule has 2 aromatic rings. The molecule has 6 heteroatoms. The number of hydrogen-bond donors (Lipinski definition) is 1. The van der Waals surface area contributed by atoms with Crippen molar-refractivity contribution in [2.24, 2.45) is 0 Å². The lowest BCUT2D eigenvalue weighted by atomic mass is 10.2. The van der Waals surface area contributed by atoms with Crippen LogP contribution in [0.4, 0.5) is 26.2 Å². The summed E-state index contributed by atoms with van der Waals surface area (Å²) in [7, 11) is 0. The first-order valence-electron chi connectivity index (χ1n) is 7.36. The summed E-state index contributed by atoms with van der Waals surface area (Å²) in [6.45, 7) is 2.46. The van der Waals surface area contributed by atoms with E-state index in [-0.39, 0.29) is 5.69 Å². The molecule has 1 aliphatic rings. The summed E-state index contributed by atoms with van der Waals surface area (Å²) in [6.07, 6.45) is -1.16. The Labute approximate surface area is 133 Å². The van der Waals surface area contributed by atoms with Crippen molar-refractivity contribution in [3.05, 3.63) is 54.3 Å². The number of para-hydroxylation sites is 1. The van der Waals surface area contributed by atoms with Crippen LogP contribution in [0, 0.1) is 5.82 Å². The van der Waals surface area contributed by atoms with Gasteiger partial charge in [0, 0.05) is 18.8 Å². The molecule has 1 fully saturated rings. The van der Waals surface area contributed by atoms with Gasteiger partial charge in [-0.2, -0.15) is 0 Å². The van der Waals surface area contributed by atoms with E-state index in [1.807, 2.05) is 4.90 Å². The number of hydrogen-bond acceptors (Lipinski definition) is 3. The van der Waals surface area contributed by atoms with Gasteiger partial charge >= 0.3 is 6.09 Å². The van der Waals surface area contributed by atoms with Gasteiger partial charge in [-0.05, 0) is 30.3 Å².